The second kappa shape index (κ2) is 9.37. The summed E-state index contributed by atoms with van der Waals surface area (Å²) in [6, 6.07) is 48.1. The number of aromatic nitrogens is 3. The highest BCUT2D eigenvalue weighted by molar-refractivity contribution is 6.20. The zero-order chi connectivity index (χ0) is 28.3. The van der Waals surface area contributed by atoms with Crippen molar-refractivity contribution in [3.63, 3.8) is 0 Å². The standard InChI is InChI=1S/C40H25N3/c1-2-8-34-33(7-1)32(27-13-11-26(12-14-27)29-15-16-31-25-41-23-21-30(31)24-29)18-20-37(34)43-36-10-4-3-9-35(36)39-38(43)19-17-28-6-5-22-42-40(28)39/h1-25H. The fourth-order valence-corrected chi connectivity index (χ4v) is 6.69. The van der Waals surface area contributed by atoms with Crippen LogP contribution in [0.3, 0.4) is 0 Å². The van der Waals surface area contributed by atoms with E-state index in [9.17, 15) is 0 Å². The molecule has 3 heteroatoms. The molecule has 0 atom stereocenters. The summed E-state index contributed by atoms with van der Waals surface area (Å²) in [5.41, 5.74) is 9.40. The molecule has 0 radical (unpaired) electrons. The Kier molecular flexibility index (Phi) is 5.20. The maximum atomic E-state index is 4.81. The van der Waals surface area contributed by atoms with E-state index in [1.54, 1.807) is 0 Å². The first-order valence-corrected chi connectivity index (χ1v) is 14.6. The number of rotatable bonds is 3. The monoisotopic (exact) mass is 547 g/mol. The lowest BCUT2D eigenvalue weighted by molar-refractivity contribution is 1.20. The van der Waals surface area contributed by atoms with Crippen LogP contribution in [0.4, 0.5) is 0 Å². The van der Waals surface area contributed by atoms with Crippen LogP contribution in [0.2, 0.25) is 0 Å². The first kappa shape index (κ1) is 23.9. The molecule has 0 bridgehead atoms. The molecular formula is C40H25N3. The van der Waals surface area contributed by atoms with E-state index < -0.39 is 0 Å². The van der Waals surface area contributed by atoms with Crippen molar-refractivity contribution in [2.24, 2.45) is 0 Å². The van der Waals surface area contributed by atoms with Crippen LogP contribution in [0.5, 0.6) is 0 Å². The summed E-state index contributed by atoms with van der Waals surface area (Å²) in [7, 11) is 0. The van der Waals surface area contributed by atoms with E-state index in [0.717, 1.165) is 16.3 Å². The van der Waals surface area contributed by atoms with Gasteiger partial charge < -0.3 is 4.57 Å². The molecule has 9 rings (SSSR count). The van der Waals surface area contributed by atoms with Gasteiger partial charge in [0.2, 0.25) is 0 Å². The third-order valence-electron chi connectivity index (χ3n) is 8.72. The van der Waals surface area contributed by atoms with Crippen molar-refractivity contribution in [1.82, 2.24) is 14.5 Å². The molecule has 3 heterocycles. The van der Waals surface area contributed by atoms with Gasteiger partial charge >= 0.3 is 0 Å². The molecule has 0 spiro atoms. The third-order valence-corrected chi connectivity index (χ3v) is 8.72. The first-order valence-electron chi connectivity index (χ1n) is 14.6. The Morgan fingerprint density at radius 3 is 2.14 bits per heavy atom. The Bertz CT molecular complexity index is 2500. The summed E-state index contributed by atoms with van der Waals surface area (Å²) in [6.45, 7) is 0. The van der Waals surface area contributed by atoms with Crippen LogP contribution in [-0.2, 0) is 0 Å². The van der Waals surface area contributed by atoms with Crippen LogP contribution < -0.4 is 0 Å². The number of benzene rings is 6. The van der Waals surface area contributed by atoms with Crippen LogP contribution in [0, 0.1) is 0 Å². The molecule has 0 saturated heterocycles. The van der Waals surface area contributed by atoms with Gasteiger partial charge in [0.25, 0.3) is 0 Å². The zero-order valence-electron chi connectivity index (χ0n) is 23.3. The van der Waals surface area contributed by atoms with Gasteiger partial charge in [0, 0.05) is 45.5 Å². The van der Waals surface area contributed by atoms with Crippen molar-refractivity contribution in [3.05, 3.63) is 152 Å². The minimum atomic E-state index is 1.04. The summed E-state index contributed by atoms with van der Waals surface area (Å²) in [5.74, 6) is 0. The molecule has 3 aromatic heterocycles. The number of nitrogens with zero attached hydrogens (tertiary/aromatic N) is 3. The number of para-hydroxylation sites is 1. The molecule has 0 aliphatic rings. The highest BCUT2D eigenvalue weighted by Gasteiger charge is 2.17. The maximum absolute atomic E-state index is 4.81. The van der Waals surface area contributed by atoms with Gasteiger partial charge in [-0.2, -0.15) is 0 Å². The van der Waals surface area contributed by atoms with Gasteiger partial charge in [0.05, 0.1) is 22.2 Å². The normalized spacial score (nSPS) is 11.7. The molecule has 0 amide bonds. The quantitative estimate of drug-likeness (QED) is 0.220. The van der Waals surface area contributed by atoms with Crippen molar-refractivity contribution < 1.29 is 0 Å². The van der Waals surface area contributed by atoms with Crippen LogP contribution in [0.15, 0.2) is 152 Å². The lowest BCUT2D eigenvalue weighted by Gasteiger charge is -2.15. The number of pyridine rings is 2. The van der Waals surface area contributed by atoms with Crippen molar-refractivity contribution in [2.45, 2.75) is 0 Å². The molecule has 0 unspecified atom stereocenters. The number of hydrogen-bond donors (Lipinski definition) is 0. The van der Waals surface area contributed by atoms with Gasteiger partial charge in [0.15, 0.2) is 0 Å². The lowest BCUT2D eigenvalue weighted by atomic mass is 9.95. The molecule has 6 aromatic carbocycles. The minimum absolute atomic E-state index is 1.04. The van der Waals surface area contributed by atoms with Crippen molar-refractivity contribution in [3.8, 4) is 27.9 Å². The van der Waals surface area contributed by atoms with E-state index in [1.165, 1.54) is 65.9 Å². The summed E-state index contributed by atoms with van der Waals surface area (Å²) in [4.78, 5) is 9.06. The molecule has 43 heavy (non-hydrogen) atoms. The van der Waals surface area contributed by atoms with E-state index >= 15 is 0 Å². The molecule has 200 valence electrons. The molecule has 0 fully saturated rings. The van der Waals surface area contributed by atoms with Crippen molar-refractivity contribution in [1.29, 1.82) is 0 Å². The molecule has 0 N–H and O–H groups in total. The Hall–Kier alpha value is -5.80. The second-order valence-corrected chi connectivity index (χ2v) is 11.1. The average Bonchev–Trinajstić information content (AvgIpc) is 3.42. The van der Waals surface area contributed by atoms with Gasteiger partial charge in [-0.25, -0.2) is 0 Å². The van der Waals surface area contributed by atoms with Crippen molar-refractivity contribution >= 4 is 54.3 Å². The fraction of sp³-hybridized carbons (Fsp3) is 0. The third kappa shape index (κ3) is 3.68. The van der Waals surface area contributed by atoms with E-state index in [0.29, 0.717) is 0 Å². The highest BCUT2D eigenvalue weighted by Crippen LogP contribution is 2.40. The summed E-state index contributed by atoms with van der Waals surface area (Å²) < 4.78 is 2.41. The van der Waals surface area contributed by atoms with Crippen molar-refractivity contribution in [2.75, 3.05) is 0 Å². The SMILES string of the molecule is c1cnc2c(c1)ccc1c2c2ccccc2n1-c1ccc(-c2ccc(-c3ccc4cnccc4c3)cc2)c2ccccc12. The fourth-order valence-electron chi connectivity index (χ4n) is 6.69. The molecule has 3 nitrogen and oxygen atoms in total. The first-order chi connectivity index (χ1) is 21.3. The van der Waals surface area contributed by atoms with Gasteiger partial charge in [-0.1, -0.05) is 97.1 Å². The second-order valence-electron chi connectivity index (χ2n) is 11.1. The minimum Gasteiger partial charge on any atom is -0.309 e. The topological polar surface area (TPSA) is 30.7 Å². The smallest absolute Gasteiger partial charge is 0.0802 e. The summed E-state index contributed by atoms with van der Waals surface area (Å²) >= 11 is 0. The molecule has 0 aliphatic carbocycles. The lowest BCUT2D eigenvalue weighted by Crippen LogP contribution is -1.96. The largest absolute Gasteiger partial charge is 0.309 e. The van der Waals surface area contributed by atoms with Crippen LogP contribution in [0.25, 0.3) is 82.2 Å². The average molecular weight is 548 g/mol. The Morgan fingerprint density at radius 1 is 0.465 bits per heavy atom. The van der Waals surface area contributed by atoms with E-state index in [-0.39, 0.29) is 0 Å². The molecule has 9 aromatic rings. The molecular weight excluding hydrogens is 522 g/mol. The van der Waals surface area contributed by atoms with Gasteiger partial charge in [-0.05, 0) is 69.4 Å². The van der Waals surface area contributed by atoms with Crippen LogP contribution >= 0.6 is 0 Å². The molecule has 0 saturated carbocycles. The van der Waals surface area contributed by atoms with Gasteiger partial charge in [-0.3, -0.25) is 9.97 Å². The van der Waals surface area contributed by atoms with E-state index in [1.807, 2.05) is 24.7 Å². The van der Waals surface area contributed by atoms with Crippen LogP contribution in [-0.4, -0.2) is 14.5 Å². The number of hydrogen-bond acceptors (Lipinski definition) is 2. The zero-order valence-corrected chi connectivity index (χ0v) is 23.3. The predicted molar refractivity (Wildman–Crippen MR) is 180 cm³/mol. The van der Waals surface area contributed by atoms with E-state index in [4.69, 9.17) is 4.98 Å². The van der Waals surface area contributed by atoms with E-state index in [2.05, 4.69) is 137 Å². The molecule has 0 aliphatic heterocycles. The maximum Gasteiger partial charge on any atom is 0.0802 e. The summed E-state index contributed by atoms with van der Waals surface area (Å²) in [6.07, 6.45) is 5.65. The Balaban J connectivity index is 1.22. The van der Waals surface area contributed by atoms with Gasteiger partial charge in [0.1, 0.15) is 0 Å². The number of fused-ring (bicyclic) bond motifs is 7. The highest BCUT2D eigenvalue weighted by atomic mass is 15.0. The van der Waals surface area contributed by atoms with Gasteiger partial charge in [-0.15, -0.1) is 0 Å². The van der Waals surface area contributed by atoms with Crippen LogP contribution in [0.1, 0.15) is 0 Å². The summed E-state index contributed by atoms with van der Waals surface area (Å²) in [5, 5.41) is 8.38. The Morgan fingerprint density at radius 2 is 1.23 bits per heavy atom. The predicted octanol–water partition coefficient (Wildman–Crippen LogP) is 10.4. The Labute approximate surface area is 248 Å².